The lowest BCUT2D eigenvalue weighted by molar-refractivity contribution is 0.919. The molecule has 0 spiro atoms. The van der Waals surface area contributed by atoms with Crippen LogP contribution in [-0.4, -0.2) is 19.6 Å². The number of thiophene rings is 1. The molecule has 1 aromatic carbocycles. The van der Waals surface area contributed by atoms with Crippen molar-refractivity contribution >= 4 is 50.6 Å². The van der Waals surface area contributed by atoms with Crippen molar-refractivity contribution in [3.8, 4) is 0 Å². The monoisotopic (exact) mass is 345 g/mol. The Labute approximate surface area is 139 Å². The number of H-pyrrole nitrogens is 1. The highest BCUT2D eigenvalue weighted by Crippen LogP contribution is 2.26. The molecule has 6 nitrogen and oxygen atoms in total. The number of hydrogen-bond acceptors (Lipinski definition) is 5. The maximum atomic E-state index is 12.6. The minimum absolute atomic E-state index is 0.136. The van der Waals surface area contributed by atoms with Crippen LogP contribution >= 0.6 is 22.9 Å². The average Bonchev–Trinajstić information content (AvgIpc) is 3.04. The van der Waals surface area contributed by atoms with E-state index in [0.29, 0.717) is 22.1 Å². The van der Waals surface area contributed by atoms with Crippen molar-refractivity contribution < 1.29 is 0 Å². The lowest BCUT2D eigenvalue weighted by Crippen LogP contribution is -2.15. The van der Waals surface area contributed by atoms with Gasteiger partial charge in [-0.15, -0.1) is 11.3 Å². The fourth-order valence-electron chi connectivity index (χ4n) is 2.42. The summed E-state index contributed by atoms with van der Waals surface area (Å²) in [4.78, 5) is 23.3. The predicted molar refractivity (Wildman–Crippen MR) is 93.2 cm³/mol. The molecular weight excluding hydrogens is 334 g/mol. The Morgan fingerprint density at radius 3 is 2.70 bits per heavy atom. The van der Waals surface area contributed by atoms with E-state index in [1.807, 2.05) is 26.0 Å². The molecule has 116 valence electrons. The summed E-state index contributed by atoms with van der Waals surface area (Å²) in [6.45, 7) is 3.92. The van der Waals surface area contributed by atoms with Crippen LogP contribution in [-0.2, 0) is 0 Å². The fourth-order valence-corrected chi connectivity index (χ4v) is 3.56. The van der Waals surface area contributed by atoms with E-state index in [1.165, 1.54) is 15.9 Å². The van der Waals surface area contributed by atoms with E-state index in [9.17, 15) is 4.79 Å². The van der Waals surface area contributed by atoms with Crippen LogP contribution in [0.3, 0.4) is 0 Å². The van der Waals surface area contributed by atoms with E-state index in [4.69, 9.17) is 11.6 Å². The lowest BCUT2D eigenvalue weighted by Gasteiger charge is -2.01. The zero-order valence-corrected chi connectivity index (χ0v) is 13.9. The second-order valence-corrected chi connectivity index (χ2v) is 6.86. The van der Waals surface area contributed by atoms with Crippen LogP contribution in [0.4, 0.5) is 11.6 Å². The van der Waals surface area contributed by atoms with Gasteiger partial charge in [0, 0.05) is 15.6 Å². The van der Waals surface area contributed by atoms with Gasteiger partial charge in [-0.25, -0.2) is 0 Å². The molecule has 0 bridgehead atoms. The summed E-state index contributed by atoms with van der Waals surface area (Å²) in [5, 5.41) is 7.35. The van der Waals surface area contributed by atoms with Gasteiger partial charge in [0.15, 0.2) is 0 Å². The van der Waals surface area contributed by atoms with Gasteiger partial charge in [0.25, 0.3) is 11.3 Å². The fraction of sp³-hybridized carbons (Fsp3) is 0.133. The topological polar surface area (TPSA) is 75.1 Å². The molecule has 0 saturated heterocycles. The predicted octanol–water partition coefficient (Wildman–Crippen LogP) is 3.65. The quantitative estimate of drug-likeness (QED) is 0.581. The summed E-state index contributed by atoms with van der Waals surface area (Å²) in [5.41, 5.74) is 1.65. The van der Waals surface area contributed by atoms with Crippen LogP contribution in [0.5, 0.6) is 0 Å². The van der Waals surface area contributed by atoms with Crippen LogP contribution in [0.1, 0.15) is 10.4 Å². The van der Waals surface area contributed by atoms with Gasteiger partial charge < -0.3 is 5.32 Å². The van der Waals surface area contributed by atoms with Gasteiger partial charge in [0.1, 0.15) is 4.83 Å². The first-order valence-electron chi connectivity index (χ1n) is 6.94. The Morgan fingerprint density at radius 1 is 1.22 bits per heavy atom. The number of hydrogen-bond donors (Lipinski definition) is 2. The Bertz CT molecular complexity index is 1090. The maximum absolute atomic E-state index is 12.6. The number of rotatable bonds is 2. The summed E-state index contributed by atoms with van der Waals surface area (Å²) in [7, 11) is 0. The molecule has 0 atom stereocenters. The summed E-state index contributed by atoms with van der Waals surface area (Å²) in [6.07, 6.45) is 0. The molecule has 0 amide bonds. The van der Waals surface area contributed by atoms with Crippen molar-refractivity contribution in [3.63, 3.8) is 0 Å². The third-order valence-electron chi connectivity index (χ3n) is 3.72. The maximum Gasteiger partial charge on any atom is 0.283 e. The van der Waals surface area contributed by atoms with E-state index in [0.717, 1.165) is 21.0 Å². The Morgan fingerprint density at radius 2 is 1.96 bits per heavy atom. The van der Waals surface area contributed by atoms with Crippen LogP contribution in [0.25, 0.3) is 16.0 Å². The Balaban J connectivity index is 1.84. The van der Waals surface area contributed by atoms with Crippen LogP contribution in [0.15, 0.2) is 29.1 Å². The summed E-state index contributed by atoms with van der Waals surface area (Å²) in [6, 6.07) is 7.22. The minimum atomic E-state index is -0.136. The Kier molecular flexibility index (Phi) is 3.14. The van der Waals surface area contributed by atoms with Gasteiger partial charge in [-0.3, -0.25) is 9.89 Å². The second-order valence-electron chi connectivity index (χ2n) is 5.22. The van der Waals surface area contributed by atoms with E-state index in [2.05, 4.69) is 20.4 Å². The van der Waals surface area contributed by atoms with E-state index in [-0.39, 0.29) is 5.56 Å². The highest BCUT2D eigenvalue weighted by Gasteiger charge is 2.15. The molecule has 4 rings (SSSR count). The number of benzene rings is 1. The van der Waals surface area contributed by atoms with E-state index >= 15 is 0 Å². The zero-order valence-electron chi connectivity index (χ0n) is 12.3. The minimum Gasteiger partial charge on any atom is -0.325 e. The number of fused-ring (bicyclic) bond motifs is 2. The van der Waals surface area contributed by atoms with Crippen molar-refractivity contribution in [2.24, 2.45) is 0 Å². The molecule has 0 fully saturated rings. The third-order valence-corrected chi connectivity index (χ3v) is 5.07. The summed E-state index contributed by atoms with van der Waals surface area (Å²) in [5.74, 6) is 0.796. The van der Waals surface area contributed by atoms with Gasteiger partial charge in [-0.1, -0.05) is 11.6 Å². The van der Waals surface area contributed by atoms with Gasteiger partial charge in [-0.2, -0.15) is 14.5 Å². The summed E-state index contributed by atoms with van der Waals surface area (Å²) < 4.78 is 1.36. The number of nitrogens with zero attached hydrogens (tertiary/aromatic N) is 3. The summed E-state index contributed by atoms with van der Waals surface area (Å²) >= 11 is 7.38. The molecule has 0 saturated carbocycles. The molecule has 0 aliphatic heterocycles. The highest BCUT2D eigenvalue weighted by atomic mass is 35.5. The highest BCUT2D eigenvalue weighted by molar-refractivity contribution is 7.18. The largest absolute Gasteiger partial charge is 0.325 e. The van der Waals surface area contributed by atoms with Crippen LogP contribution in [0, 0.1) is 13.8 Å². The molecule has 2 N–H and O–H groups in total. The number of aromatic amines is 1. The molecule has 0 unspecified atom stereocenters. The first kappa shape index (κ1) is 14.2. The molecule has 0 aliphatic rings. The number of anilines is 2. The molecule has 23 heavy (non-hydrogen) atoms. The average molecular weight is 346 g/mol. The molecule has 4 aromatic rings. The first-order valence-corrected chi connectivity index (χ1v) is 8.13. The van der Waals surface area contributed by atoms with Crippen molar-refractivity contribution in [1.29, 1.82) is 0 Å². The third kappa shape index (κ3) is 2.29. The van der Waals surface area contributed by atoms with Crippen molar-refractivity contribution in [3.05, 3.63) is 50.1 Å². The SMILES string of the molecule is Cc1sc2nc3nc(Nc4ccc(Cl)cc4)[nH]n3c(=O)c2c1C. The Hall–Kier alpha value is -2.38. The molecule has 8 heteroatoms. The standard InChI is InChI=1S/C15H12ClN5OS/c1-7-8(2)23-12-11(7)13(22)21-15(18-12)19-14(20-21)17-10-5-3-9(16)4-6-10/h3-6H,1-2H3,(H2,17,18,19,20). The van der Waals surface area contributed by atoms with Gasteiger partial charge in [0.2, 0.25) is 5.95 Å². The van der Waals surface area contributed by atoms with E-state index < -0.39 is 0 Å². The van der Waals surface area contributed by atoms with Crippen LogP contribution < -0.4 is 10.9 Å². The zero-order chi connectivity index (χ0) is 16.1. The molecule has 0 radical (unpaired) electrons. The lowest BCUT2D eigenvalue weighted by atomic mass is 10.2. The second kappa shape index (κ2) is 5.07. The molecular formula is C15H12ClN5OS. The van der Waals surface area contributed by atoms with Gasteiger partial charge in [-0.05, 0) is 43.7 Å². The number of aryl methyl sites for hydroxylation is 2. The van der Waals surface area contributed by atoms with Crippen LogP contribution in [0.2, 0.25) is 5.02 Å². The smallest absolute Gasteiger partial charge is 0.283 e. The van der Waals surface area contributed by atoms with E-state index in [1.54, 1.807) is 12.1 Å². The van der Waals surface area contributed by atoms with Crippen molar-refractivity contribution in [2.45, 2.75) is 13.8 Å². The van der Waals surface area contributed by atoms with Crippen molar-refractivity contribution in [2.75, 3.05) is 5.32 Å². The number of aromatic nitrogens is 4. The number of halogens is 1. The first-order chi connectivity index (χ1) is 11.0. The number of nitrogens with one attached hydrogen (secondary N) is 2. The molecule has 3 aromatic heterocycles. The molecule has 3 heterocycles. The normalized spacial score (nSPS) is 11.4. The molecule has 0 aliphatic carbocycles. The van der Waals surface area contributed by atoms with Crippen molar-refractivity contribution in [1.82, 2.24) is 19.6 Å². The van der Waals surface area contributed by atoms with Gasteiger partial charge >= 0.3 is 0 Å². The van der Waals surface area contributed by atoms with Gasteiger partial charge in [0.05, 0.1) is 5.39 Å².